The average Bonchev–Trinajstić information content (AvgIpc) is 3.67. The molecule has 0 unspecified atom stereocenters. The predicted molar refractivity (Wildman–Crippen MR) is 163 cm³/mol. The number of hydrogen-bond donors (Lipinski definition) is 1. The van der Waals surface area contributed by atoms with Gasteiger partial charge in [0.15, 0.2) is 5.82 Å². The second kappa shape index (κ2) is 11.8. The molecular weight excluding hydrogens is 508 g/mol. The van der Waals surface area contributed by atoms with Gasteiger partial charge in [-0.3, -0.25) is 9.69 Å². The number of rotatable bonds is 9. The summed E-state index contributed by atoms with van der Waals surface area (Å²) >= 11 is 0. The predicted octanol–water partition coefficient (Wildman–Crippen LogP) is 6.85. The van der Waals surface area contributed by atoms with Crippen molar-refractivity contribution in [1.82, 2.24) is 30.1 Å². The number of aryl methyl sites for hydroxylation is 1. The van der Waals surface area contributed by atoms with Crippen LogP contribution in [0.2, 0.25) is 0 Å². The molecule has 6 rings (SSSR count). The number of pyridine rings is 1. The van der Waals surface area contributed by atoms with E-state index in [9.17, 15) is 4.79 Å². The molecule has 7 nitrogen and oxygen atoms in total. The number of benzene rings is 3. The lowest BCUT2D eigenvalue weighted by molar-refractivity contribution is 0.190. The summed E-state index contributed by atoms with van der Waals surface area (Å²) in [6.45, 7) is 7.78. The number of tetrazole rings is 1. The molecule has 1 aliphatic rings. The first-order valence-electron chi connectivity index (χ1n) is 14.7. The van der Waals surface area contributed by atoms with Gasteiger partial charge in [0.25, 0.3) is 5.56 Å². The molecule has 41 heavy (non-hydrogen) atoms. The van der Waals surface area contributed by atoms with Crippen molar-refractivity contribution in [2.45, 2.75) is 77.5 Å². The zero-order chi connectivity index (χ0) is 28.3. The van der Waals surface area contributed by atoms with Gasteiger partial charge in [-0.05, 0) is 76.4 Å². The summed E-state index contributed by atoms with van der Waals surface area (Å²) in [4.78, 5) is 19.4. The highest BCUT2D eigenvalue weighted by atomic mass is 16.1. The van der Waals surface area contributed by atoms with Crippen LogP contribution in [0.4, 0.5) is 0 Å². The lowest BCUT2D eigenvalue weighted by Gasteiger charge is -2.32. The van der Waals surface area contributed by atoms with Crippen LogP contribution in [0.15, 0.2) is 83.7 Å². The maximum Gasteiger partial charge on any atom is 0.253 e. The molecule has 1 fully saturated rings. The number of fused-ring (bicyclic) bond motifs is 1. The quantitative estimate of drug-likeness (QED) is 0.219. The largest absolute Gasteiger partial charge is 0.322 e. The van der Waals surface area contributed by atoms with Gasteiger partial charge in [0.1, 0.15) is 6.04 Å². The summed E-state index contributed by atoms with van der Waals surface area (Å²) in [6, 6.07) is 27.2. The van der Waals surface area contributed by atoms with Crippen molar-refractivity contribution in [2.75, 3.05) is 0 Å². The molecule has 0 radical (unpaired) electrons. The first-order chi connectivity index (χ1) is 20.0. The molecule has 1 aliphatic carbocycles. The van der Waals surface area contributed by atoms with Gasteiger partial charge >= 0.3 is 0 Å². The van der Waals surface area contributed by atoms with E-state index < -0.39 is 6.04 Å². The van der Waals surface area contributed by atoms with Crippen LogP contribution in [0.25, 0.3) is 10.9 Å². The maximum atomic E-state index is 13.9. The number of aromatic nitrogens is 5. The molecule has 0 aliphatic heterocycles. The fraction of sp³-hybridized carbons (Fsp3) is 0.353. The summed E-state index contributed by atoms with van der Waals surface area (Å²) in [7, 11) is 0. The molecule has 2 aromatic heterocycles. The number of aromatic amines is 1. The van der Waals surface area contributed by atoms with Gasteiger partial charge in [-0.15, -0.1) is 5.10 Å². The van der Waals surface area contributed by atoms with Gasteiger partial charge in [0.05, 0.1) is 6.04 Å². The first kappa shape index (κ1) is 27.1. The Kier molecular flexibility index (Phi) is 7.79. The minimum Gasteiger partial charge on any atom is -0.322 e. The molecule has 0 amide bonds. The van der Waals surface area contributed by atoms with Crippen molar-refractivity contribution in [2.24, 2.45) is 0 Å². The second-order valence-corrected chi connectivity index (χ2v) is 11.8. The topological polar surface area (TPSA) is 79.7 Å². The molecule has 0 spiro atoms. The first-order valence-corrected chi connectivity index (χ1v) is 14.7. The molecule has 2 heterocycles. The van der Waals surface area contributed by atoms with E-state index in [0.29, 0.717) is 24.6 Å². The normalized spacial score (nSPS) is 14.9. The lowest BCUT2D eigenvalue weighted by Crippen LogP contribution is -2.35. The Morgan fingerprint density at radius 2 is 1.63 bits per heavy atom. The van der Waals surface area contributed by atoms with Crippen LogP contribution in [-0.2, 0) is 13.1 Å². The standard InChI is InChI=1S/C34H38N6O/c1-23(2)27-16-14-26(15-17-27)22-39(21-25-9-5-4-6-10-25)32(33-36-37-38-40(33)29-11-7-8-12-29)30-20-28-19-24(3)13-18-31(28)35-34(30)41/h4-6,9-10,13-20,23,29,32H,7-8,11-12,21-22H2,1-3H3,(H,35,41)/t32-/m1/s1. The van der Waals surface area contributed by atoms with Crippen LogP contribution >= 0.6 is 0 Å². The summed E-state index contributed by atoms with van der Waals surface area (Å²) in [5.74, 6) is 1.19. The van der Waals surface area contributed by atoms with Gasteiger partial charge in [-0.25, -0.2) is 4.68 Å². The Labute approximate surface area is 241 Å². The second-order valence-electron chi connectivity index (χ2n) is 11.8. The van der Waals surface area contributed by atoms with E-state index in [0.717, 1.165) is 35.1 Å². The number of H-pyrrole nitrogens is 1. The highest BCUT2D eigenvalue weighted by Crippen LogP contribution is 2.35. The van der Waals surface area contributed by atoms with Crippen molar-refractivity contribution in [3.05, 3.63) is 123 Å². The van der Waals surface area contributed by atoms with Crippen LogP contribution < -0.4 is 5.56 Å². The van der Waals surface area contributed by atoms with Gasteiger partial charge in [0, 0.05) is 24.2 Å². The monoisotopic (exact) mass is 546 g/mol. The van der Waals surface area contributed by atoms with Crippen molar-refractivity contribution >= 4 is 10.9 Å². The van der Waals surface area contributed by atoms with E-state index in [2.05, 4.69) is 101 Å². The Morgan fingerprint density at radius 3 is 2.34 bits per heavy atom. The van der Waals surface area contributed by atoms with E-state index in [1.54, 1.807) is 0 Å². The molecular formula is C34H38N6O. The summed E-state index contributed by atoms with van der Waals surface area (Å²) in [5, 5.41) is 14.3. The minimum atomic E-state index is -0.441. The van der Waals surface area contributed by atoms with E-state index in [-0.39, 0.29) is 11.6 Å². The lowest BCUT2D eigenvalue weighted by atomic mass is 9.99. The van der Waals surface area contributed by atoms with Crippen molar-refractivity contribution in [3.8, 4) is 0 Å². The van der Waals surface area contributed by atoms with Gasteiger partial charge in [0.2, 0.25) is 0 Å². The fourth-order valence-electron chi connectivity index (χ4n) is 6.13. The Hall–Kier alpha value is -4.10. The van der Waals surface area contributed by atoms with Crippen molar-refractivity contribution < 1.29 is 0 Å². The molecule has 7 heteroatoms. The van der Waals surface area contributed by atoms with Crippen LogP contribution in [0.5, 0.6) is 0 Å². The highest BCUT2D eigenvalue weighted by Gasteiger charge is 2.33. The van der Waals surface area contributed by atoms with Crippen LogP contribution in [0, 0.1) is 6.92 Å². The third-order valence-electron chi connectivity index (χ3n) is 8.38. The van der Waals surface area contributed by atoms with Crippen molar-refractivity contribution in [1.29, 1.82) is 0 Å². The van der Waals surface area contributed by atoms with E-state index in [1.165, 1.54) is 29.5 Å². The smallest absolute Gasteiger partial charge is 0.253 e. The summed E-state index contributed by atoms with van der Waals surface area (Å²) in [6.07, 6.45) is 4.43. The molecule has 210 valence electrons. The number of nitrogens with one attached hydrogen (secondary N) is 1. The SMILES string of the molecule is Cc1ccc2[nH]c(=O)c([C@H](c3nnnn3C3CCCC3)N(Cc3ccccc3)Cc3ccc(C(C)C)cc3)cc2c1. The number of hydrogen-bond acceptors (Lipinski definition) is 5. The van der Waals surface area contributed by atoms with E-state index in [1.807, 2.05) is 28.9 Å². The molecule has 5 aromatic rings. The highest BCUT2D eigenvalue weighted by molar-refractivity contribution is 5.79. The van der Waals surface area contributed by atoms with Crippen LogP contribution in [-0.4, -0.2) is 30.1 Å². The zero-order valence-electron chi connectivity index (χ0n) is 24.1. The third kappa shape index (κ3) is 5.86. The third-order valence-corrected chi connectivity index (χ3v) is 8.38. The van der Waals surface area contributed by atoms with E-state index in [4.69, 9.17) is 0 Å². The van der Waals surface area contributed by atoms with Crippen molar-refractivity contribution in [3.63, 3.8) is 0 Å². The molecule has 1 saturated carbocycles. The molecule has 1 atom stereocenters. The summed E-state index contributed by atoms with van der Waals surface area (Å²) < 4.78 is 2.00. The summed E-state index contributed by atoms with van der Waals surface area (Å²) in [5.41, 5.74) is 6.19. The van der Waals surface area contributed by atoms with Gasteiger partial charge in [-0.2, -0.15) is 0 Å². The zero-order valence-corrected chi connectivity index (χ0v) is 24.1. The average molecular weight is 547 g/mol. The minimum absolute atomic E-state index is 0.111. The fourth-order valence-corrected chi connectivity index (χ4v) is 6.13. The van der Waals surface area contributed by atoms with Crippen LogP contribution in [0.1, 0.15) is 91.2 Å². The van der Waals surface area contributed by atoms with Gasteiger partial charge < -0.3 is 4.98 Å². The Morgan fingerprint density at radius 1 is 0.927 bits per heavy atom. The van der Waals surface area contributed by atoms with Gasteiger partial charge in [-0.1, -0.05) is 92.9 Å². The molecule has 1 N–H and O–H groups in total. The Bertz CT molecular complexity index is 1670. The Balaban J connectivity index is 1.52. The van der Waals surface area contributed by atoms with Crippen LogP contribution in [0.3, 0.4) is 0 Å². The molecule has 0 saturated heterocycles. The molecule has 3 aromatic carbocycles. The number of nitrogens with zero attached hydrogens (tertiary/aromatic N) is 5. The maximum absolute atomic E-state index is 13.9. The molecule has 0 bridgehead atoms. The van der Waals surface area contributed by atoms with E-state index >= 15 is 0 Å².